The summed E-state index contributed by atoms with van der Waals surface area (Å²) in [6.45, 7) is 3.92. The highest BCUT2D eigenvalue weighted by Crippen LogP contribution is 2.37. The van der Waals surface area contributed by atoms with E-state index in [1.807, 2.05) is 18.5 Å². The molecule has 4 aromatic rings. The van der Waals surface area contributed by atoms with E-state index in [0.717, 1.165) is 47.8 Å². The van der Waals surface area contributed by atoms with E-state index in [4.69, 9.17) is 9.51 Å². The molecular weight excluding hydrogens is 383 g/mol. The van der Waals surface area contributed by atoms with Crippen molar-refractivity contribution in [3.05, 3.63) is 73.0 Å². The van der Waals surface area contributed by atoms with Crippen LogP contribution in [-0.2, 0) is 6.54 Å². The molecular formula is C22H21FN6O. The first-order valence-electron chi connectivity index (χ1n) is 9.93. The fourth-order valence-electron chi connectivity index (χ4n) is 4.22. The van der Waals surface area contributed by atoms with Crippen molar-refractivity contribution < 1.29 is 8.91 Å². The number of rotatable bonds is 5. The van der Waals surface area contributed by atoms with Crippen molar-refractivity contribution in [2.24, 2.45) is 0 Å². The molecule has 0 spiro atoms. The number of benzene rings is 1. The molecule has 1 fully saturated rings. The van der Waals surface area contributed by atoms with E-state index in [1.54, 1.807) is 24.6 Å². The summed E-state index contributed by atoms with van der Waals surface area (Å²) in [4.78, 5) is 15.6. The lowest BCUT2D eigenvalue weighted by atomic mass is 10.1. The van der Waals surface area contributed by atoms with Crippen LogP contribution < -0.4 is 0 Å². The van der Waals surface area contributed by atoms with E-state index in [-0.39, 0.29) is 17.9 Å². The number of halogens is 1. The highest BCUT2D eigenvalue weighted by molar-refractivity contribution is 5.76. The number of imidazole rings is 1. The maximum atomic E-state index is 13.5. The Kier molecular flexibility index (Phi) is 4.84. The lowest BCUT2D eigenvalue weighted by Gasteiger charge is -2.25. The zero-order valence-corrected chi connectivity index (χ0v) is 16.5. The Hall–Kier alpha value is -3.39. The molecule has 1 saturated heterocycles. The van der Waals surface area contributed by atoms with E-state index in [1.165, 1.54) is 18.5 Å². The van der Waals surface area contributed by atoms with Gasteiger partial charge in [-0.3, -0.25) is 4.90 Å². The predicted molar refractivity (Wildman–Crippen MR) is 109 cm³/mol. The van der Waals surface area contributed by atoms with Crippen molar-refractivity contribution in [2.75, 3.05) is 6.54 Å². The van der Waals surface area contributed by atoms with Crippen molar-refractivity contribution in [2.45, 2.75) is 32.0 Å². The molecule has 2 atom stereocenters. The summed E-state index contributed by atoms with van der Waals surface area (Å²) in [6.07, 6.45) is 7.72. The highest BCUT2D eigenvalue weighted by Gasteiger charge is 2.34. The molecule has 0 bridgehead atoms. The normalized spacial score (nSPS) is 19.4. The molecule has 30 heavy (non-hydrogen) atoms. The summed E-state index contributed by atoms with van der Waals surface area (Å²) < 4.78 is 20.6. The van der Waals surface area contributed by atoms with Crippen molar-refractivity contribution in [3.8, 4) is 22.6 Å². The zero-order chi connectivity index (χ0) is 20.5. The molecule has 152 valence electrons. The van der Waals surface area contributed by atoms with E-state index >= 15 is 0 Å². The molecule has 0 radical (unpaired) electrons. The predicted octanol–water partition coefficient (Wildman–Crippen LogP) is 3.97. The maximum Gasteiger partial charge on any atom is 0.124 e. The molecule has 8 heteroatoms. The first-order chi connectivity index (χ1) is 14.7. The molecule has 2 unspecified atom stereocenters. The summed E-state index contributed by atoms with van der Waals surface area (Å²) in [5, 5.41) is 4.04. The molecule has 3 aromatic heterocycles. The van der Waals surface area contributed by atoms with Crippen LogP contribution in [0.3, 0.4) is 0 Å². The fraction of sp³-hybridized carbons (Fsp3) is 0.273. The standard InChI is InChI=1S/C22H21FN6O/c1-15-20(7-10-28(15)12-18-8-11-30-27-18)29-14-26-21(16-2-4-17(23)5-3-16)22(29)19-6-9-24-13-25-19/h2-6,8-9,11,13-15,20H,7,10,12H2,1H3. The van der Waals surface area contributed by atoms with Gasteiger partial charge in [0.1, 0.15) is 18.4 Å². The maximum absolute atomic E-state index is 13.5. The van der Waals surface area contributed by atoms with Crippen LogP contribution in [0.25, 0.3) is 22.6 Å². The Labute approximate surface area is 173 Å². The van der Waals surface area contributed by atoms with E-state index in [0.29, 0.717) is 0 Å². The van der Waals surface area contributed by atoms with Gasteiger partial charge >= 0.3 is 0 Å². The van der Waals surface area contributed by atoms with Crippen molar-refractivity contribution >= 4 is 0 Å². The van der Waals surface area contributed by atoms with Gasteiger partial charge in [-0.05, 0) is 43.7 Å². The second kappa shape index (κ2) is 7.79. The SMILES string of the molecule is CC1C(n2cnc(-c3ccc(F)cc3)c2-c2ccncn2)CCN1Cc1ccon1. The number of hydrogen-bond donors (Lipinski definition) is 0. The van der Waals surface area contributed by atoms with Gasteiger partial charge in [0, 0.05) is 37.0 Å². The third-order valence-corrected chi connectivity index (χ3v) is 5.79. The Bertz CT molecular complexity index is 1110. The molecule has 1 aromatic carbocycles. The molecule has 0 amide bonds. The summed E-state index contributed by atoms with van der Waals surface area (Å²) >= 11 is 0. The van der Waals surface area contributed by atoms with Crippen LogP contribution in [0.2, 0.25) is 0 Å². The summed E-state index contributed by atoms with van der Waals surface area (Å²) in [5.74, 6) is -0.269. The Morgan fingerprint density at radius 3 is 2.73 bits per heavy atom. The van der Waals surface area contributed by atoms with Gasteiger partial charge in [0.25, 0.3) is 0 Å². The van der Waals surface area contributed by atoms with E-state index in [9.17, 15) is 4.39 Å². The highest BCUT2D eigenvalue weighted by atomic mass is 19.1. The van der Waals surface area contributed by atoms with Gasteiger partial charge in [0.05, 0.1) is 35.1 Å². The average molecular weight is 404 g/mol. The fourth-order valence-corrected chi connectivity index (χ4v) is 4.22. The van der Waals surface area contributed by atoms with E-state index < -0.39 is 0 Å². The smallest absolute Gasteiger partial charge is 0.124 e. The molecule has 0 saturated carbocycles. The Morgan fingerprint density at radius 2 is 2.00 bits per heavy atom. The van der Waals surface area contributed by atoms with Gasteiger partial charge in [-0.15, -0.1) is 0 Å². The number of likely N-dealkylation sites (tertiary alicyclic amines) is 1. The first kappa shape index (κ1) is 18.6. The number of aromatic nitrogens is 5. The van der Waals surface area contributed by atoms with Crippen molar-refractivity contribution in [1.29, 1.82) is 0 Å². The summed E-state index contributed by atoms with van der Waals surface area (Å²) in [6, 6.07) is 10.7. The minimum atomic E-state index is -0.269. The molecule has 4 heterocycles. The van der Waals surface area contributed by atoms with Gasteiger partial charge in [0.2, 0.25) is 0 Å². The van der Waals surface area contributed by atoms with Crippen LogP contribution in [0.1, 0.15) is 25.1 Å². The molecule has 1 aliphatic rings. The quantitative estimate of drug-likeness (QED) is 0.501. The monoisotopic (exact) mass is 404 g/mol. The summed E-state index contributed by atoms with van der Waals surface area (Å²) in [7, 11) is 0. The van der Waals surface area contributed by atoms with Crippen LogP contribution in [0, 0.1) is 5.82 Å². The molecule has 7 nitrogen and oxygen atoms in total. The molecule has 0 N–H and O–H groups in total. The number of hydrogen-bond acceptors (Lipinski definition) is 6. The largest absolute Gasteiger partial charge is 0.364 e. The van der Waals surface area contributed by atoms with Crippen LogP contribution in [0.15, 0.2) is 66.0 Å². The van der Waals surface area contributed by atoms with Crippen molar-refractivity contribution in [3.63, 3.8) is 0 Å². The zero-order valence-electron chi connectivity index (χ0n) is 16.5. The minimum Gasteiger partial charge on any atom is -0.364 e. The lowest BCUT2D eigenvalue weighted by molar-refractivity contribution is 0.228. The second-order valence-corrected chi connectivity index (χ2v) is 7.51. The minimum absolute atomic E-state index is 0.226. The Morgan fingerprint density at radius 1 is 1.13 bits per heavy atom. The third-order valence-electron chi connectivity index (χ3n) is 5.79. The van der Waals surface area contributed by atoms with Crippen LogP contribution in [-0.4, -0.2) is 42.2 Å². The van der Waals surface area contributed by atoms with Crippen LogP contribution >= 0.6 is 0 Å². The topological polar surface area (TPSA) is 72.9 Å². The lowest BCUT2D eigenvalue weighted by Crippen LogP contribution is -2.31. The molecule has 1 aliphatic heterocycles. The average Bonchev–Trinajstić information content (AvgIpc) is 3.51. The molecule has 0 aliphatic carbocycles. The van der Waals surface area contributed by atoms with E-state index in [2.05, 4.69) is 31.5 Å². The van der Waals surface area contributed by atoms with Gasteiger partial charge in [-0.1, -0.05) is 5.16 Å². The molecule has 5 rings (SSSR count). The number of nitrogens with zero attached hydrogens (tertiary/aromatic N) is 6. The van der Waals surface area contributed by atoms with Gasteiger partial charge in [-0.2, -0.15) is 0 Å². The Balaban J connectivity index is 1.53. The second-order valence-electron chi connectivity index (χ2n) is 7.51. The summed E-state index contributed by atoms with van der Waals surface area (Å²) in [5.41, 5.74) is 4.29. The van der Waals surface area contributed by atoms with Crippen molar-refractivity contribution in [1.82, 2.24) is 29.6 Å². The van der Waals surface area contributed by atoms with Gasteiger partial charge in [-0.25, -0.2) is 19.3 Å². The third kappa shape index (κ3) is 3.39. The van der Waals surface area contributed by atoms with Gasteiger partial charge in [0.15, 0.2) is 0 Å². The van der Waals surface area contributed by atoms with Crippen LogP contribution in [0.5, 0.6) is 0 Å². The first-order valence-corrected chi connectivity index (χ1v) is 9.93. The van der Waals surface area contributed by atoms with Crippen LogP contribution in [0.4, 0.5) is 4.39 Å². The van der Waals surface area contributed by atoms with Gasteiger partial charge < -0.3 is 9.09 Å².